The third-order valence-electron chi connectivity index (χ3n) is 4.71. The Balaban J connectivity index is 1.75. The second-order valence-electron chi connectivity index (χ2n) is 6.64. The second kappa shape index (κ2) is 9.73. The van der Waals surface area contributed by atoms with Crippen LogP contribution in [0.1, 0.15) is 30.9 Å². The second-order valence-corrected chi connectivity index (χ2v) is 7.03. The number of unbranched alkanes of at least 4 members (excludes halogenated alkanes) is 1. The molecule has 1 aliphatic heterocycles. The van der Waals surface area contributed by atoms with Crippen LogP contribution in [0.2, 0.25) is 0 Å². The van der Waals surface area contributed by atoms with E-state index in [0.29, 0.717) is 6.54 Å². The van der Waals surface area contributed by atoms with Crippen LogP contribution < -0.4 is 10.6 Å². The lowest BCUT2D eigenvalue weighted by atomic mass is 10.1. The van der Waals surface area contributed by atoms with E-state index in [0.717, 1.165) is 55.5 Å². The molecule has 1 aliphatic rings. The van der Waals surface area contributed by atoms with Crippen LogP contribution in [0.5, 0.6) is 0 Å². The first kappa shape index (κ1) is 19.7. The molecule has 2 N–H and O–H groups in total. The zero-order chi connectivity index (χ0) is 18.2. The number of hydrogen-bond acceptors (Lipinski definition) is 3. The van der Waals surface area contributed by atoms with Crippen LogP contribution in [0, 0.1) is 13.8 Å². The minimum absolute atomic E-state index is 0.0470. The number of amides is 1. The molecule has 1 saturated heterocycles. The fourth-order valence-corrected chi connectivity index (χ4v) is 3.16. The molecule has 2 rings (SSSR count). The highest BCUT2D eigenvalue weighted by Crippen LogP contribution is 2.17. The average molecular weight is 363 g/mol. The molecule has 1 heterocycles. The number of carbonyl (C=O) groups excluding carboxylic acids is 1. The summed E-state index contributed by atoms with van der Waals surface area (Å²) in [5, 5.41) is 7.19. The molecule has 0 aliphatic carbocycles. The minimum Gasteiger partial charge on any atom is -0.363 e. The maximum Gasteiger partial charge on any atom is 0.238 e. The Morgan fingerprint density at radius 1 is 1.20 bits per heavy atom. The molecule has 1 amide bonds. The van der Waals surface area contributed by atoms with Gasteiger partial charge in [-0.15, -0.1) is 0 Å². The molecule has 5 nitrogen and oxygen atoms in total. The van der Waals surface area contributed by atoms with Crippen molar-refractivity contribution >= 4 is 28.9 Å². The summed E-state index contributed by atoms with van der Waals surface area (Å²) in [7, 11) is 0. The summed E-state index contributed by atoms with van der Waals surface area (Å²) < 4.78 is 0. The Labute approximate surface area is 156 Å². The molecule has 25 heavy (non-hydrogen) atoms. The van der Waals surface area contributed by atoms with Gasteiger partial charge in [0.15, 0.2) is 5.11 Å². The molecule has 0 saturated carbocycles. The van der Waals surface area contributed by atoms with Gasteiger partial charge in [0.1, 0.15) is 0 Å². The molecule has 1 fully saturated rings. The highest BCUT2D eigenvalue weighted by molar-refractivity contribution is 7.80. The molecular weight excluding hydrogens is 332 g/mol. The number of nitrogens with one attached hydrogen (secondary N) is 2. The van der Waals surface area contributed by atoms with Crippen molar-refractivity contribution < 1.29 is 4.79 Å². The van der Waals surface area contributed by atoms with Crippen molar-refractivity contribution in [1.82, 2.24) is 15.1 Å². The van der Waals surface area contributed by atoms with Gasteiger partial charge in [-0.3, -0.25) is 9.69 Å². The molecular formula is C19H30N4OS. The molecule has 1 aromatic carbocycles. The Hall–Kier alpha value is -1.66. The summed E-state index contributed by atoms with van der Waals surface area (Å²) in [6.07, 6.45) is 2.30. The number of rotatable bonds is 6. The summed E-state index contributed by atoms with van der Waals surface area (Å²) in [5.74, 6) is 0.0470. The van der Waals surface area contributed by atoms with Gasteiger partial charge in [0.05, 0.1) is 6.54 Å². The number of anilines is 1. The fraction of sp³-hybridized carbons (Fsp3) is 0.579. The first-order chi connectivity index (χ1) is 12.0. The summed E-state index contributed by atoms with van der Waals surface area (Å²) in [6.45, 7) is 11.1. The Morgan fingerprint density at radius 3 is 2.60 bits per heavy atom. The lowest BCUT2D eigenvalue weighted by molar-refractivity contribution is -0.117. The zero-order valence-corrected chi connectivity index (χ0v) is 16.4. The molecule has 0 spiro atoms. The minimum atomic E-state index is 0.0470. The SMILES string of the molecule is CCCCNC(=S)N1CCN(CC(=O)Nc2cccc(C)c2C)CC1. The highest BCUT2D eigenvalue weighted by Gasteiger charge is 2.20. The molecule has 138 valence electrons. The van der Waals surface area contributed by atoms with Gasteiger partial charge in [0.25, 0.3) is 0 Å². The van der Waals surface area contributed by atoms with E-state index in [-0.39, 0.29) is 5.91 Å². The van der Waals surface area contributed by atoms with Crippen molar-refractivity contribution in [2.24, 2.45) is 0 Å². The van der Waals surface area contributed by atoms with E-state index in [9.17, 15) is 4.79 Å². The molecule has 0 aromatic heterocycles. The number of piperazine rings is 1. The van der Waals surface area contributed by atoms with Gasteiger partial charge in [0.2, 0.25) is 5.91 Å². The van der Waals surface area contributed by atoms with E-state index in [2.05, 4.69) is 40.3 Å². The first-order valence-electron chi connectivity index (χ1n) is 9.12. The van der Waals surface area contributed by atoms with E-state index in [1.807, 2.05) is 19.1 Å². The van der Waals surface area contributed by atoms with Crippen molar-refractivity contribution in [2.45, 2.75) is 33.6 Å². The maximum atomic E-state index is 12.3. The monoisotopic (exact) mass is 362 g/mol. The van der Waals surface area contributed by atoms with Crippen molar-refractivity contribution in [1.29, 1.82) is 0 Å². The van der Waals surface area contributed by atoms with Crippen molar-refractivity contribution in [3.8, 4) is 0 Å². The first-order valence-corrected chi connectivity index (χ1v) is 9.53. The standard InChI is InChI=1S/C19H30N4OS/c1-4-5-9-20-19(25)23-12-10-22(11-13-23)14-18(24)21-17-8-6-7-15(2)16(17)3/h6-8H,4-5,9-14H2,1-3H3,(H,20,25)(H,21,24). The summed E-state index contributed by atoms with van der Waals surface area (Å²) in [4.78, 5) is 16.7. The quantitative estimate of drug-likeness (QED) is 0.602. The van der Waals surface area contributed by atoms with Crippen molar-refractivity contribution in [2.75, 3.05) is 44.6 Å². The van der Waals surface area contributed by atoms with E-state index in [1.54, 1.807) is 0 Å². The zero-order valence-electron chi connectivity index (χ0n) is 15.6. The van der Waals surface area contributed by atoms with Crippen LogP contribution in [0.3, 0.4) is 0 Å². The van der Waals surface area contributed by atoms with E-state index >= 15 is 0 Å². The number of carbonyl (C=O) groups is 1. The maximum absolute atomic E-state index is 12.3. The molecule has 0 bridgehead atoms. The lowest BCUT2D eigenvalue weighted by Crippen LogP contribution is -2.53. The Bertz CT molecular complexity index is 597. The molecule has 0 atom stereocenters. The van der Waals surface area contributed by atoms with Gasteiger partial charge in [-0.05, 0) is 49.7 Å². The molecule has 0 unspecified atom stereocenters. The predicted molar refractivity (Wildman–Crippen MR) is 108 cm³/mol. The number of benzene rings is 1. The Morgan fingerprint density at radius 2 is 1.92 bits per heavy atom. The van der Waals surface area contributed by atoms with Gasteiger partial charge in [-0.2, -0.15) is 0 Å². The predicted octanol–water partition coefficient (Wildman–Crippen LogP) is 2.53. The number of thiocarbonyl (C=S) groups is 1. The third kappa shape index (κ3) is 5.97. The number of nitrogens with zero attached hydrogens (tertiary/aromatic N) is 2. The van der Waals surface area contributed by atoms with Crippen LogP contribution in [0.25, 0.3) is 0 Å². The van der Waals surface area contributed by atoms with E-state index in [1.165, 1.54) is 12.0 Å². The normalized spacial score (nSPS) is 15.1. The van der Waals surface area contributed by atoms with E-state index in [4.69, 9.17) is 12.2 Å². The third-order valence-corrected chi connectivity index (χ3v) is 5.11. The van der Waals surface area contributed by atoms with Gasteiger partial charge in [-0.1, -0.05) is 25.5 Å². The van der Waals surface area contributed by atoms with E-state index < -0.39 is 0 Å². The summed E-state index contributed by atoms with van der Waals surface area (Å²) >= 11 is 5.44. The average Bonchev–Trinajstić information content (AvgIpc) is 2.59. The van der Waals surface area contributed by atoms with Gasteiger partial charge in [-0.25, -0.2) is 0 Å². The fourth-order valence-electron chi connectivity index (χ4n) is 2.87. The van der Waals surface area contributed by atoms with Crippen LogP contribution >= 0.6 is 12.2 Å². The van der Waals surface area contributed by atoms with Crippen LogP contribution in [-0.4, -0.2) is 60.1 Å². The highest BCUT2D eigenvalue weighted by atomic mass is 32.1. The van der Waals surface area contributed by atoms with Gasteiger partial charge in [0, 0.05) is 38.4 Å². The molecule has 1 aromatic rings. The van der Waals surface area contributed by atoms with Crippen LogP contribution in [-0.2, 0) is 4.79 Å². The van der Waals surface area contributed by atoms with Crippen LogP contribution in [0.4, 0.5) is 5.69 Å². The number of aryl methyl sites for hydroxylation is 1. The van der Waals surface area contributed by atoms with Gasteiger partial charge < -0.3 is 15.5 Å². The van der Waals surface area contributed by atoms with Crippen LogP contribution in [0.15, 0.2) is 18.2 Å². The molecule has 0 radical (unpaired) electrons. The topological polar surface area (TPSA) is 47.6 Å². The van der Waals surface area contributed by atoms with Gasteiger partial charge >= 0.3 is 0 Å². The van der Waals surface area contributed by atoms with Crippen molar-refractivity contribution in [3.63, 3.8) is 0 Å². The summed E-state index contributed by atoms with van der Waals surface area (Å²) in [5.41, 5.74) is 3.23. The largest absolute Gasteiger partial charge is 0.363 e. The lowest BCUT2D eigenvalue weighted by Gasteiger charge is -2.35. The Kier molecular flexibility index (Phi) is 7.65. The smallest absolute Gasteiger partial charge is 0.238 e. The summed E-state index contributed by atoms with van der Waals surface area (Å²) in [6, 6.07) is 5.99. The van der Waals surface area contributed by atoms with Crippen molar-refractivity contribution in [3.05, 3.63) is 29.3 Å². The molecule has 6 heteroatoms. The number of hydrogen-bond donors (Lipinski definition) is 2.